The highest BCUT2D eigenvalue weighted by molar-refractivity contribution is 6.20. The fourth-order valence-corrected chi connectivity index (χ4v) is 2.78. The lowest BCUT2D eigenvalue weighted by Gasteiger charge is -2.05. The molecule has 0 bridgehead atoms. The van der Waals surface area contributed by atoms with E-state index in [1.54, 1.807) is 25.4 Å². The van der Waals surface area contributed by atoms with Crippen LogP contribution in [0.3, 0.4) is 0 Å². The summed E-state index contributed by atoms with van der Waals surface area (Å²) in [6.45, 7) is 1.95. The summed E-state index contributed by atoms with van der Waals surface area (Å²) in [5, 5.41) is 10.3. The third kappa shape index (κ3) is 2.68. The third-order valence-electron chi connectivity index (χ3n) is 3.96. The van der Waals surface area contributed by atoms with Crippen molar-refractivity contribution in [1.82, 2.24) is 4.98 Å². The fourth-order valence-electron chi connectivity index (χ4n) is 2.78. The van der Waals surface area contributed by atoms with Crippen LogP contribution in [0.25, 0.3) is 17.0 Å². The van der Waals surface area contributed by atoms with Crippen molar-refractivity contribution in [3.05, 3.63) is 70.9 Å². The maximum absolute atomic E-state index is 12.9. The van der Waals surface area contributed by atoms with Crippen LogP contribution in [-0.2, 0) is 0 Å². The molecule has 1 N–H and O–H groups in total. The third-order valence-corrected chi connectivity index (χ3v) is 3.96. The summed E-state index contributed by atoms with van der Waals surface area (Å²) in [5.74, 6) is 0.317. The van der Waals surface area contributed by atoms with Crippen LogP contribution in [0.4, 0.5) is 0 Å². The SMILES string of the molecule is COc1ccccc1/C=C(\C#N)C(=O)c1c[nH]c2cccc(C)c12. The number of H-pyrrole nitrogens is 1. The molecule has 4 nitrogen and oxygen atoms in total. The zero-order chi connectivity index (χ0) is 17.1. The first kappa shape index (κ1) is 15.6. The number of fused-ring (bicyclic) bond motifs is 1. The molecule has 0 unspecified atom stereocenters. The van der Waals surface area contributed by atoms with Gasteiger partial charge in [0.25, 0.3) is 0 Å². The van der Waals surface area contributed by atoms with Crippen LogP contribution in [-0.4, -0.2) is 17.9 Å². The number of Topliss-reactive ketones (excluding diaryl/α,β-unsaturated/α-hetero) is 1. The van der Waals surface area contributed by atoms with Gasteiger partial charge >= 0.3 is 0 Å². The molecule has 0 saturated heterocycles. The molecular weight excluding hydrogens is 300 g/mol. The number of carbonyl (C=O) groups excluding carboxylic acids is 1. The number of benzene rings is 2. The van der Waals surface area contributed by atoms with Crippen LogP contribution < -0.4 is 4.74 Å². The monoisotopic (exact) mass is 316 g/mol. The van der Waals surface area contributed by atoms with Gasteiger partial charge in [0.15, 0.2) is 0 Å². The number of carbonyl (C=O) groups is 1. The summed E-state index contributed by atoms with van der Waals surface area (Å²) >= 11 is 0. The average molecular weight is 316 g/mol. The molecule has 1 heterocycles. The predicted molar refractivity (Wildman–Crippen MR) is 94.0 cm³/mol. The molecule has 0 aliphatic heterocycles. The Bertz CT molecular complexity index is 990. The summed E-state index contributed by atoms with van der Waals surface area (Å²) < 4.78 is 5.28. The number of ketones is 1. The average Bonchev–Trinajstić information content (AvgIpc) is 3.05. The topological polar surface area (TPSA) is 65.9 Å². The summed E-state index contributed by atoms with van der Waals surface area (Å²) in [6, 6.07) is 15.1. The van der Waals surface area contributed by atoms with E-state index < -0.39 is 0 Å². The van der Waals surface area contributed by atoms with Crippen LogP contribution in [0.5, 0.6) is 5.75 Å². The van der Waals surface area contributed by atoms with Gasteiger partial charge in [-0.15, -0.1) is 0 Å². The van der Waals surface area contributed by atoms with Crippen LogP contribution >= 0.6 is 0 Å². The van der Waals surface area contributed by atoms with E-state index in [-0.39, 0.29) is 11.4 Å². The molecule has 0 radical (unpaired) electrons. The molecule has 4 heteroatoms. The van der Waals surface area contributed by atoms with Crippen molar-refractivity contribution in [2.75, 3.05) is 7.11 Å². The zero-order valence-electron chi connectivity index (χ0n) is 13.5. The van der Waals surface area contributed by atoms with Crippen LogP contribution in [0, 0.1) is 18.3 Å². The predicted octanol–water partition coefficient (Wildman–Crippen LogP) is 4.27. The molecule has 3 aromatic rings. The molecule has 0 spiro atoms. The lowest BCUT2D eigenvalue weighted by molar-refractivity contribution is 0.104. The number of nitrogens with one attached hydrogen (secondary N) is 1. The lowest BCUT2D eigenvalue weighted by atomic mass is 9.99. The van der Waals surface area contributed by atoms with Crippen molar-refractivity contribution in [3.8, 4) is 11.8 Å². The number of nitriles is 1. The number of nitrogens with zero attached hydrogens (tertiary/aromatic N) is 1. The highest BCUT2D eigenvalue weighted by Crippen LogP contribution is 2.26. The van der Waals surface area contributed by atoms with Gasteiger partial charge in [0.05, 0.1) is 7.11 Å². The van der Waals surface area contributed by atoms with Gasteiger partial charge in [0.2, 0.25) is 5.78 Å². The number of hydrogen-bond donors (Lipinski definition) is 1. The molecule has 0 fully saturated rings. The lowest BCUT2D eigenvalue weighted by Crippen LogP contribution is -2.02. The summed E-state index contributed by atoms with van der Waals surface area (Å²) in [4.78, 5) is 15.9. The first-order valence-electron chi connectivity index (χ1n) is 7.52. The molecule has 0 aliphatic rings. The molecule has 2 aromatic carbocycles. The number of ether oxygens (including phenoxy) is 1. The van der Waals surface area contributed by atoms with Gasteiger partial charge in [-0.3, -0.25) is 4.79 Å². The van der Waals surface area contributed by atoms with Crippen molar-refractivity contribution in [2.45, 2.75) is 6.92 Å². The standard InChI is InChI=1S/C20H16N2O2/c1-13-6-5-8-17-19(13)16(12-22-17)20(23)15(11-21)10-14-7-3-4-9-18(14)24-2/h3-10,12,22H,1-2H3/b15-10+. The van der Waals surface area contributed by atoms with Crippen molar-refractivity contribution in [2.24, 2.45) is 0 Å². The summed E-state index contributed by atoms with van der Waals surface area (Å²) in [7, 11) is 1.56. The zero-order valence-corrected chi connectivity index (χ0v) is 13.5. The van der Waals surface area contributed by atoms with Crippen molar-refractivity contribution in [1.29, 1.82) is 5.26 Å². The van der Waals surface area contributed by atoms with Gasteiger partial charge in [-0.05, 0) is 30.7 Å². The molecule has 24 heavy (non-hydrogen) atoms. The Hall–Kier alpha value is -3.32. The van der Waals surface area contributed by atoms with Crippen molar-refractivity contribution in [3.63, 3.8) is 0 Å². The van der Waals surface area contributed by atoms with E-state index in [1.165, 1.54) is 0 Å². The molecule has 0 atom stereocenters. The summed E-state index contributed by atoms with van der Waals surface area (Å²) in [5.41, 5.74) is 3.15. The number of methoxy groups -OCH3 is 1. The number of aromatic amines is 1. The minimum absolute atomic E-state index is 0.0728. The van der Waals surface area contributed by atoms with E-state index in [9.17, 15) is 10.1 Å². The minimum atomic E-state index is -0.302. The highest BCUT2D eigenvalue weighted by atomic mass is 16.5. The fraction of sp³-hybridized carbons (Fsp3) is 0.100. The van der Waals surface area contributed by atoms with E-state index in [2.05, 4.69) is 4.98 Å². The number of para-hydroxylation sites is 1. The van der Waals surface area contributed by atoms with Gasteiger partial charge in [-0.2, -0.15) is 5.26 Å². The van der Waals surface area contributed by atoms with Crippen LogP contribution in [0.15, 0.2) is 54.2 Å². The van der Waals surface area contributed by atoms with E-state index in [1.807, 2.05) is 49.4 Å². The van der Waals surface area contributed by atoms with Crippen LogP contribution in [0.1, 0.15) is 21.5 Å². The Balaban J connectivity index is 2.10. The second kappa shape index (κ2) is 6.43. The molecule has 0 aliphatic carbocycles. The number of hydrogen-bond acceptors (Lipinski definition) is 3. The molecule has 1 aromatic heterocycles. The first-order chi connectivity index (χ1) is 11.7. The maximum Gasteiger partial charge on any atom is 0.205 e. The second-order valence-corrected chi connectivity index (χ2v) is 5.44. The Morgan fingerprint density at radius 3 is 2.75 bits per heavy atom. The Labute approximate surface area is 140 Å². The molecule has 118 valence electrons. The van der Waals surface area contributed by atoms with Crippen molar-refractivity contribution < 1.29 is 9.53 Å². The highest BCUT2D eigenvalue weighted by Gasteiger charge is 2.18. The van der Waals surface area contributed by atoms with Crippen LogP contribution in [0.2, 0.25) is 0 Å². The number of aromatic nitrogens is 1. The summed E-state index contributed by atoms with van der Waals surface area (Å²) in [6.07, 6.45) is 3.23. The van der Waals surface area contributed by atoms with Gasteiger partial charge in [-0.25, -0.2) is 0 Å². The second-order valence-electron chi connectivity index (χ2n) is 5.44. The quantitative estimate of drug-likeness (QED) is 0.444. The van der Waals surface area contributed by atoms with E-state index in [0.717, 1.165) is 16.5 Å². The van der Waals surface area contributed by atoms with E-state index in [0.29, 0.717) is 16.9 Å². The Kier molecular flexibility index (Phi) is 4.17. The van der Waals surface area contributed by atoms with Crippen molar-refractivity contribution >= 4 is 22.8 Å². The smallest absolute Gasteiger partial charge is 0.205 e. The van der Waals surface area contributed by atoms with E-state index in [4.69, 9.17) is 4.74 Å². The van der Waals surface area contributed by atoms with Gasteiger partial charge in [0, 0.05) is 28.2 Å². The van der Waals surface area contributed by atoms with Gasteiger partial charge in [0.1, 0.15) is 17.4 Å². The van der Waals surface area contributed by atoms with Gasteiger partial charge in [-0.1, -0.05) is 30.3 Å². The molecule has 0 saturated carbocycles. The number of rotatable bonds is 4. The first-order valence-corrected chi connectivity index (χ1v) is 7.52. The minimum Gasteiger partial charge on any atom is -0.496 e. The normalized spacial score (nSPS) is 11.3. The number of aryl methyl sites for hydroxylation is 1. The van der Waals surface area contributed by atoms with Gasteiger partial charge < -0.3 is 9.72 Å². The molecule has 0 amide bonds. The maximum atomic E-state index is 12.9. The molecule has 3 rings (SSSR count). The molecular formula is C20H16N2O2. The Morgan fingerprint density at radius 1 is 1.21 bits per heavy atom. The van der Waals surface area contributed by atoms with E-state index >= 15 is 0 Å². The largest absolute Gasteiger partial charge is 0.496 e. The Morgan fingerprint density at radius 2 is 2.00 bits per heavy atom. The number of allylic oxidation sites excluding steroid dienone is 1.